The molecule has 0 unspecified atom stereocenters. The van der Waals surface area contributed by atoms with Crippen molar-refractivity contribution in [3.63, 3.8) is 0 Å². The van der Waals surface area contributed by atoms with Crippen LogP contribution >= 0.6 is 22.6 Å². The molecule has 0 saturated heterocycles. The Labute approximate surface area is 141 Å². The van der Waals surface area contributed by atoms with Gasteiger partial charge in [-0.3, -0.25) is 0 Å². The lowest BCUT2D eigenvalue weighted by atomic mass is 10.1. The highest BCUT2D eigenvalue weighted by molar-refractivity contribution is 14.1. The second-order valence-corrected chi connectivity index (χ2v) is 6.74. The van der Waals surface area contributed by atoms with Crippen LogP contribution in [0.25, 0.3) is 0 Å². The number of hydrogen-bond acceptors (Lipinski definition) is 0. The Morgan fingerprint density at radius 1 is 0.600 bits per heavy atom. The molecule has 0 amide bonds. The molecule has 0 fully saturated rings. The molecule has 1 heteroatoms. The van der Waals surface area contributed by atoms with Crippen molar-refractivity contribution in [1.29, 1.82) is 0 Å². The standard InChI is InChI=1S/C19H35I/c1-2-3-4-5-6-7-8-9-10-11-12-13-14-15-16-17-18-19-20/h5-8H,2-4,9-19H2,1H3/b6-5-,8-7-. The Balaban J connectivity index is 3.09. The zero-order valence-corrected chi connectivity index (χ0v) is 15.7. The molecule has 0 N–H and O–H groups in total. The molecule has 0 nitrogen and oxygen atoms in total. The Kier molecular flexibility index (Phi) is 19.4. The van der Waals surface area contributed by atoms with Crippen molar-refractivity contribution in [2.45, 2.75) is 90.4 Å². The van der Waals surface area contributed by atoms with Crippen molar-refractivity contribution in [3.05, 3.63) is 24.3 Å². The molecule has 0 aliphatic rings. The summed E-state index contributed by atoms with van der Waals surface area (Å²) in [6, 6.07) is 0. The minimum absolute atomic E-state index is 1.23. The second kappa shape index (κ2) is 19.2. The van der Waals surface area contributed by atoms with Crippen LogP contribution in [0.2, 0.25) is 0 Å². The summed E-state index contributed by atoms with van der Waals surface area (Å²) in [5.41, 5.74) is 0. The molecular formula is C19H35I. The summed E-state index contributed by atoms with van der Waals surface area (Å²) in [6.07, 6.45) is 27.1. The van der Waals surface area contributed by atoms with Gasteiger partial charge in [0.05, 0.1) is 0 Å². The smallest absolute Gasteiger partial charge is 0.000473 e. The van der Waals surface area contributed by atoms with Crippen molar-refractivity contribution in [2.75, 3.05) is 4.43 Å². The lowest BCUT2D eigenvalue weighted by molar-refractivity contribution is 0.568. The van der Waals surface area contributed by atoms with Gasteiger partial charge in [-0.2, -0.15) is 0 Å². The first-order valence-electron chi connectivity index (χ1n) is 8.79. The minimum Gasteiger partial charge on any atom is -0.0864 e. The van der Waals surface area contributed by atoms with Crippen LogP contribution in [0.1, 0.15) is 90.4 Å². The van der Waals surface area contributed by atoms with Gasteiger partial charge in [-0.25, -0.2) is 0 Å². The van der Waals surface area contributed by atoms with Crippen LogP contribution in [0.5, 0.6) is 0 Å². The van der Waals surface area contributed by atoms with Crippen molar-refractivity contribution in [2.24, 2.45) is 0 Å². The summed E-state index contributed by atoms with van der Waals surface area (Å²) in [7, 11) is 0. The first-order chi connectivity index (χ1) is 9.91. The van der Waals surface area contributed by atoms with E-state index >= 15 is 0 Å². The van der Waals surface area contributed by atoms with E-state index in [1.54, 1.807) is 0 Å². The number of alkyl halides is 1. The molecule has 0 rings (SSSR count). The molecule has 0 aromatic heterocycles. The predicted octanol–water partition coefficient (Wildman–Crippen LogP) is 7.63. The maximum atomic E-state index is 2.48. The highest BCUT2D eigenvalue weighted by Crippen LogP contribution is 2.11. The summed E-state index contributed by atoms with van der Waals surface area (Å²) in [6.45, 7) is 2.24. The number of halogens is 1. The fraction of sp³-hybridized carbons (Fsp3) is 0.789. The molecule has 118 valence electrons. The quantitative estimate of drug-likeness (QED) is 0.117. The van der Waals surface area contributed by atoms with Gasteiger partial charge in [0.1, 0.15) is 0 Å². The van der Waals surface area contributed by atoms with Gasteiger partial charge in [-0.1, -0.05) is 112 Å². The molecule has 20 heavy (non-hydrogen) atoms. The normalized spacial score (nSPS) is 11.9. The van der Waals surface area contributed by atoms with Gasteiger partial charge in [-0.15, -0.1) is 0 Å². The Bertz CT molecular complexity index is 218. The maximum absolute atomic E-state index is 2.48. The number of rotatable bonds is 15. The zero-order valence-electron chi connectivity index (χ0n) is 13.6. The Morgan fingerprint density at radius 3 is 1.55 bits per heavy atom. The summed E-state index contributed by atoms with van der Waals surface area (Å²) >= 11 is 2.48. The molecular weight excluding hydrogens is 355 g/mol. The molecule has 0 radical (unpaired) electrons. The van der Waals surface area contributed by atoms with Crippen LogP contribution in [0, 0.1) is 0 Å². The molecule has 0 atom stereocenters. The van der Waals surface area contributed by atoms with Gasteiger partial charge >= 0.3 is 0 Å². The minimum atomic E-state index is 1.23. The third-order valence-corrected chi connectivity index (χ3v) is 4.37. The van der Waals surface area contributed by atoms with Crippen LogP contribution < -0.4 is 0 Å². The average Bonchev–Trinajstić information content (AvgIpc) is 2.47. The van der Waals surface area contributed by atoms with Gasteiger partial charge in [0.15, 0.2) is 0 Å². The van der Waals surface area contributed by atoms with E-state index in [0.717, 1.165) is 0 Å². The van der Waals surface area contributed by atoms with Crippen LogP contribution in [0.4, 0.5) is 0 Å². The Morgan fingerprint density at radius 2 is 1.05 bits per heavy atom. The number of hydrogen-bond donors (Lipinski definition) is 0. The van der Waals surface area contributed by atoms with Crippen LogP contribution in [-0.4, -0.2) is 4.43 Å². The molecule has 0 aliphatic carbocycles. The Hall–Kier alpha value is 0.210. The topological polar surface area (TPSA) is 0 Å². The van der Waals surface area contributed by atoms with Gasteiger partial charge in [-0.05, 0) is 30.1 Å². The summed E-state index contributed by atoms with van der Waals surface area (Å²) in [5, 5.41) is 0. The molecule has 0 spiro atoms. The van der Waals surface area contributed by atoms with E-state index in [1.165, 1.54) is 87.9 Å². The van der Waals surface area contributed by atoms with Gasteiger partial charge < -0.3 is 0 Å². The second-order valence-electron chi connectivity index (χ2n) is 5.66. The largest absolute Gasteiger partial charge is 0.0864 e. The molecule has 0 bridgehead atoms. The molecule has 0 aromatic rings. The summed E-state index contributed by atoms with van der Waals surface area (Å²) in [5.74, 6) is 0. The van der Waals surface area contributed by atoms with E-state index in [2.05, 4.69) is 53.8 Å². The third-order valence-electron chi connectivity index (χ3n) is 3.61. The zero-order chi connectivity index (χ0) is 14.7. The SMILES string of the molecule is CCCC/C=C\C=C/CCCCCCCCCCCI. The van der Waals surface area contributed by atoms with Crippen LogP contribution in [0.3, 0.4) is 0 Å². The predicted molar refractivity (Wildman–Crippen MR) is 103 cm³/mol. The van der Waals surface area contributed by atoms with Crippen molar-refractivity contribution in [1.82, 2.24) is 0 Å². The monoisotopic (exact) mass is 390 g/mol. The van der Waals surface area contributed by atoms with E-state index in [0.29, 0.717) is 0 Å². The summed E-state index contributed by atoms with van der Waals surface area (Å²) in [4.78, 5) is 0. The fourth-order valence-corrected chi connectivity index (χ4v) is 2.81. The summed E-state index contributed by atoms with van der Waals surface area (Å²) < 4.78 is 1.33. The van der Waals surface area contributed by atoms with E-state index in [9.17, 15) is 0 Å². The number of unbranched alkanes of at least 4 members (excludes halogenated alkanes) is 11. The van der Waals surface area contributed by atoms with Crippen LogP contribution in [-0.2, 0) is 0 Å². The van der Waals surface area contributed by atoms with E-state index in [1.807, 2.05) is 0 Å². The van der Waals surface area contributed by atoms with Gasteiger partial charge in [0, 0.05) is 0 Å². The van der Waals surface area contributed by atoms with Crippen LogP contribution in [0.15, 0.2) is 24.3 Å². The highest BCUT2D eigenvalue weighted by Gasteiger charge is 1.91. The average molecular weight is 390 g/mol. The number of allylic oxidation sites excluding steroid dienone is 4. The molecule has 0 saturated carbocycles. The molecule has 0 aromatic carbocycles. The molecule has 0 aliphatic heterocycles. The molecule has 0 heterocycles. The van der Waals surface area contributed by atoms with E-state index < -0.39 is 0 Å². The lowest BCUT2D eigenvalue weighted by Gasteiger charge is -2.00. The van der Waals surface area contributed by atoms with Crippen molar-refractivity contribution >= 4 is 22.6 Å². The van der Waals surface area contributed by atoms with E-state index in [4.69, 9.17) is 0 Å². The first-order valence-corrected chi connectivity index (χ1v) is 10.3. The van der Waals surface area contributed by atoms with Crippen molar-refractivity contribution < 1.29 is 0 Å². The van der Waals surface area contributed by atoms with Gasteiger partial charge in [0.2, 0.25) is 0 Å². The maximum Gasteiger partial charge on any atom is -0.000473 e. The highest BCUT2D eigenvalue weighted by atomic mass is 127. The third kappa shape index (κ3) is 18.2. The first kappa shape index (κ1) is 20.2. The lowest BCUT2D eigenvalue weighted by Crippen LogP contribution is -1.82. The van der Waals surface area contributed by atoms with Gasteiger partial charge in [0.25, 0.3) is 0 Å². The van der Waals surface area contributed by atoms with E-state index in [-0.39, 0.29) is 0 Å². The van der Waals surface area contributed by atoms with Crippen molar-refractivity contribution in [3.8, 4) is 0 Å². The fourth-order valence-electron chi connectivity index (χ4n) is 2.27.